The molecule has 4 unspecified atom stereocenters. The number of anilines is 2. The zero-order valence-electron chi connectivity index (χ0n) is 23.0. The number of piperazine rings is 1. The van der Waals surface area contributed by atoms with E-state index in [0.717, 1.165) is 37.1 Å². The minimum Gasteiger partial charge on any atom is -0.461 e. The Hall–Kier alpha value is -2.97. The molecular formula is C29H29ClF3N7O2S. The number of benzene rings is 2. The first-order valence-corrected chi connectivity index (χ1v) is 15.6. The molecule has 4 aromatic rings. The lowest BCUT2D eigenvalue weighted by atomic mass is 9.95. The van der Waals surface area contributed by atoms with Crippen LogP contribution in [0.2, 0.25) is 5.02 Å². The second-order valence-electron chi connectivity index (χ2n) is 12.0. The summed E-state index contributed by atoms with van der Waals surface area (Å²) >= 11 is 7.75. The number of nitrogens with two attached hydrogens (primary N) is 1. The molecule has 226 valence electrons. The van der Waals surface area contributed by atoms with Gasteiger partial charge in [-0.25, -0.2) is 18.2 Å². The predicted octanol–water partition coefficient (Wildman–Crippen LogP) is 4.29. The average molecular weight is 632 g/mol. The van der Waals surface area contributed by atoms with Gasteiger partial charge in [-0.1, -0.05) is 22.9 Å². The van der Waals surface area contributed by atoms with Crippen LogP contribution in [0.15, 0.2) is 18.2 Å². The third-order valence-corrected chi connectivity index (χ3v) is 10.6. The van der Waals surface area contributed by atoms with Crippen LogP contribution >= 0.6 is 22.9 Å². The number of thiazole rings is 1. The van der Waals surface area contributed by atoms with Gasteiger partial charge in [-0.3, -0.25) is 4.90 Å². The number of rotatable bonds is 6. The maximum absolute atomic E-state index is 16.8. The van der Waals surface area contributed by atoms with Crippen LogP contribution in [0.5, 0.6) is 6.01 Å². The molecule has 9 nitrogen and oxygen atoms in total. The fourth-order valence-corrected chi connectivity index (χ4v) is 8.41. The van der Waals surface area contributed by atoms with Crippen LogP contribution in [-0.4, -0.2) is 87.6 Å². The van der Waals surface area contributed by atoms with E-state index in [1.807, 2.05) is 4.90 Å². The van der Waals surface area contributed by atoms with Crippen LogP contribution < -0.4 is 20.7 Å². The van der Waals surface area contributed by atoms with Gasteiger partial charge in [-0.05, 0) is 44.0 Å². The Morgan fingerprint density at radius 3 is 2.93 bits per heavy atom. The van der Waals surface area contributed by atoms with E-state index >= 15 is 4.39 Å². The van der Waals surface area contributed by atoms with Crippen LogP contribution in [0.3, 0.4) is 0 Å². The SMILES string of the molecule is Nc1nc2c(-c3c(Cl)cc4c(N5C(CO)CNC6CC65)nc(OCC56CCCN5C[C@H](F)C6)nc4c3F)ccc(F)c2s1. The number of ether oxygens (including phenoxy) is 1. The van der Waals surface area contributed by atoms with Crippen molar-refractivity contribution in [2.45, 2.75) is 55.5 Å². The molecule has 4 aliphatic rings. The highest BCUT2D eigenvalue weighted by atomic mass is 35.5. The van der Waals surface area contributed by atoms with Crippen molar-refractivity contribution in [3.8, 4) is 17.1 Å². The van der Waals surface area contributed by atoms with Crippen molar-refractivity contribution in [3.63, 3.8) is 0 Å². The first-order chi connectivity index (χ1) is 20.8. The molecule has 0 radical (unpaired) electrons. The monoisotopic (exact) mass is 631 g/mol. The van der Waals surface area contributed by atoms with Gasteiger partial charge in [-0.2, -0.15) is 9.97 Å². The summed E-state index contributed by atoms with van der Waals surface area (Å²) in [4.78, 5) is 17.7. The van der Waals surface area contributed by atoms with Gasteiger partial charge in [0.05, 0.1) is 33.4 Å². The number of aromatic nitrogens is 3. The maximum Gasteiger partial charge on any atom is 0.319 e. The molecule has 1 saturated carbocycles. The van der Waals surface area contributed by atoms with Crippen molar-refractivity contribution in [2.24, 2.45) is 0 Å². The molecule has 1 aliphatic carbocycles. The molecule has 4 fully saturated rings. The molecule has 8 rings (SSSR count). The quantitative estimate of drug-likeness (QED) is 0.287. The second kappa shape index (κ2) is 10.0. The second-order valence-corrected chi connectivity index (χ2v) is 13.5. The number of nitrogens with zero attached hydrogens (tertiary/aromatic N) is 5. The van der Waals surface area contributed by atoms with E-state index in [4.69, 9.17) is 27.1 Å². The van der Waals surface area contributed by atoms with Gasteiger partial charge in [0.2, 0.25) is 0 Å². The number of halogens is 4. The summed E-state index contributed by atoms with van der Waals surface area (Å²) in [6.45, 7) is 1.75. The van der Waals surface area contributed by atoms with Gasteiger partial charge in [0.1, 0.15) is 29.9 Å². The lowest BCUT2D eigenvalue weighted by molar-refractivity contribution is 0.107. The van der Waals surface area contributed by atoms with E-state index in [1.165, 1.54) is 12.1 Å². The topological polar surface area (TPSA) is 113 Å². The lowest BCUT2D eigenvalue weighted by Gasteiger charge is -2.36. The van der Waals surface area contributed by atoms with Crippen LogP contribution in [0.1, 0.15) is 25.7 Å². The molecule has 2 aromatic heterocycles. The molecule has 43 heavy (non-hydrogen) atoms. The Balaban J connectivity index is 1.29. The number of aliphatic hydroxyl groups is 1. The molecule has 14 heteroatoms. The van der Waals surface area contributed by atoms with Crippen molar-refractivity contribution in [1.82, 2.24) is 25.2 Å². The third kappa shape index (κ3) is 4.34. The number of hydrogen-bond donors (Lipinski definition) is 3. The highest BCUT2D eigenvalue weighted by Gasteiger charge is 2.51. The highest BCUT2D eigenvalue weighted by molar-refractivity contribution is 7.22. The van der Waals surface area contributed by atoms with Gasteiger partial charge in [0.25, 0.3) is 0 Å². The van der Waals surface area contributed by atoms with Crippen LogP contribution in [-0.2, 0) is 0 Å². The summed E-state index contributed by atoms with van der Waals surface area (Å²) < 4.78 is 52.2. The molecule has 0 bridgehead atoms. The summed E-state index contributed by atoms with van der Waals surface area (Å²) in [5, 5.41) is 14.3. The number of nitrogens with one attached hydrogen (secondary N) is 1. The molecule has 5 atom stereocenters. The van der Waals surface area contributed by atoms with E-state index in [-0.39, 0.29) is 74.4 Å². The van der Waals surface area contributed by atoms with Gasteiger partial charge < -0.3 is 25.8 Å². The third-order valence-electron chi connectivity index (χ3n) is 9.43. The Labute approximate surface area is 253 Å². The van der Waals surface area contributed by atoms with Crippen molar-refractivity contribution in [2.75, 3.05) is 43.5 Å². The normalized spacial score (nSPS) is 28.5. The van der Waals surface area contributed by atoms with Crippen molar-refractivity contribution in [1.29, 1.82) is 0 Å². The van der Waals surface area contributed by atoms with Crippen LogP contribution in [0.4, 0.5) is 24.1 Å². The van der Waals surface area contributed by atoms with E-state index in [9.17, 15) is 13.9 Å². The minimum absolute atomic E-state index is 0.0139. The van der Waals surface area contributed by atoms with E-state index in [2.05, 4.69) is 20.2 Å². The lowest BCUT2D eigenvalue weighted by Crippen LogP contribution is -2.53. The largest absolute Gasteiger partial charge is 0.461 e. The predicted molar refractivity (Wildman–Crippen MR) is 160 cm³/mol. The molecule has 3 saturated heterocycles. The zero-order chi connectivity index (χ0) is 29.6. The van der Waals surface area contributed by atoms with E-state index in [0.29, 0.717) is 30.7 Å². The van der Waals surface area contributed by atoms with Gasteiger partial charge in [0.15, 0.2) is 10.9 Å². The molecule has 5 heterocycles. The van der Waals surface area contributed by atoms with Gasteiger partial charge in [0, 0.05) is 48.1 Å². The average Bonchev–Trinajstić information content (AvgIpc) is 3.35. The highest BCUT2D eigenvalue weighted by Crippen LogP contribution is 2.46. The molecule has 0 amide bonds. The number of aliphatic hydroxyl groups excluding tert-OH is 1. The Morgan fingerprint density at radius 2 is 2.09 bits per heavy atom. The smallest absolute Gasteiger partial charge is 0.319 e. The Morgan fingerprint density at radius 1 is 1.23 bits per heavy atom. The van der Waals surface area contributed by atoms with Crippen molar-refractivity contribution >= 4 is 55.0 Å². The number of hydrogen-bond acceptors (Lipinski definition) is 10. The Bertz CT molecular complexity index is 1780. The first-order valence-electron chi connectivity index (χ1n) is 14.5. The first kappa shape index (κ1) is 27.6. The van der Waals surface area contributed by atoms with Crippen molar-refractivity contribution < 1.29 is 23.0 Å². The number of nitrogen functional groups attached to an aromatic ring is 1. The van der Waals surface area contributed by atoms with E-state index < -0.39 is 23.3 Å². The van der Waals surface area contributed by atoms with Gasteiger partial charge in [-0.15, -0.1) is 0 Å². The molecule has 0 spiro atoms. The summed E-state index contributed by atoms with van der Waals surface area (Å²) in [6.07, 6.45) is 2.04. The maximum atomic E-state index is 16.8. The van der Waals surface area contributed by atoms with Crippen LogP contribution in [0, 0.1) is 11.6 Å². The standard InChI is InChI=1S/C29H29ClF3N7O2S/c30-17-6-16-23(22(33)21(17)15-2-3-18(32)25-24(15)36-27(34)43-25)37-28(42-12-29-4-1-5-39(29)10-13(31)8-29)38-26(16)40-14(11-41)9-35-19-7-20(19)40/h2-3,6,13-14,19-20,35,41H,1,4-5,7-12H2,(H2,34,36)/t13-,14?,19?,20?,29?/m1/s1. The summed E-state index contributed by atoms with van der Waals surface area (Å²) in [6, 6.07) is 4.21. The minimum atomic E-state index is -0.926. The van der Waals surface area contributed by atoms with Crippen LogP contribution in [0.25, 0.3) is 32.2 Å². The molecular weight excluding hydrogens is 603 g/mol. The number of alkyl halides is 1. The Kier molecular flexibility index (Phi) is 6.43. The number of fused-ring (bicyclic) bond motifs is 4. The summed E-state index contributed by atoms with van der Waals surface area (Å²) in [7, 11) is 0. The van der Waals surface area contributed by atoms with E-state index in [1.54, 1.807) is 6.07 Å². The summed E-state index contributed by atoms with van der Waals surface area (Å²) in [5.74, 6) is -0.831. The fourth-order valence-electron chi connectivity index (χ4n) is 7.36. The molecule has 4 N–H and O–H groups in total. The zero-order valence-corrected chi connectivity index (χ0v) is 24.6. The molecule has 3 aliphatic heterocycles. The van der Waals surface area contributed by atoms with Crippen molar-refractivity contribution in [3.05, 3.63) is 34.9 Å². The fraction of sp³-hybridized carbons (Fsp3) is 0.483. The van der Waals surface area contributed by atoms with Gasteiger partial charge >= 0.3 is 6.01 Å². The summed E-state index contributed by atoms with van der Waals surface area (Å²) in [5.41, 5.74) is 5.92. The molecule has 2 aromatic carbocycles.